The van der Waals surface area contributed by atoms with Crippen LogP contribution in [0.5, 0.6) is 0 Å². The molecule has 0 bridgehead atoms. The molecule has 0 aromatic carbocycles. The monoisotopic (exact) mass is 177 g/mol. The van der Waals surface area contributed by atoms with Gasteiger partial charge in [0.1, 0.15) is 0 Å². The van der Waals surface area contributed by atoms with E-state index < -0.39 is 0 Å². The summed E-state index contributed by atoms with van der Waals surface area (Å²) in [5.74, 6) is 0. The fourth-order valence-electron chi connectivity index (χ4n) is 0.543. The molecule has 12 heavy (non-hydrogen) atoms. The molecule has 4 nitrogen and oxygen atoms in total. The second-order valence-corrected chi connectivity index (χ2v) is 3.60. The van der Waals surface area contributed by atoms with Gasteiger partial charge in [-0.2, -0.15) is 0 Å². The molecule has 0 unspecified atom stereocenters. The van der Waals surface area contributed by atoms with Crippen LogP contribution in [0.3, 0.4) is 0 Å². The quantitative estimate of drug-likeness (QED) is 0.462. The van der Waals surface area contributed by atoms with Crippen molar-refractivity contribution in [1.82, 2.24) is 5.48 Å². The third-order valence-corrected chi connectivity index (χ3v) is 1.89. The highest BCUT2D eigenvalue weighted by Gasteiger charge is 2.41. The van der Waals surface area contributed by atoms with Crippen molar-refractivity contribution in [3.05, 3.63) is 0 Å². The van der Waals surface area contributed by atoms with Crippen molar-refractivity contribution in [1.29, 1.82) is 0 Å². The van der Waals surface area contributed by atoms with Crippen LogP contribution in [0.15, 0.2) is 0 Å². The van der Waals surface area contributed by atoms with Crippen molar-refractivity contribution in [2.45, 2.75) is 32.7 Å². The van der Waals surface area contributed by atoms with Crippen molar-refractivity contribution < 1.29 is 15.4 Å². The predicted octanol–water partition coefficient (Wildman–Crippen LogP) is 0.125. The van der Waals surface area contributed by atoms with Crippen molar-refractivity contribution in [2.75, 3.05) is 13.2 Å². The van der Waals surface area contributed by atoms with E-state index in [4.69, 9.17) is 15.4 Å². The normalized spacial score (nSPS) is 18.5. The Labute approximate surface area is 73.2 Å². The molecule has 4 N–H and O–H groups in total. The topological polar surface area (TPSA) is 72.7 Å². The van der Waals surface area contributed by atoms with Crippen molar-refractivity contribution in [3.63, 3.8) is 0 Å². The predicted molar refractivity (Wildman–Crippen MR) is 45.9 cm³/mol. The van der Waals surface area contributed by atoms with Gasteiger partial charge in [0.05, 0.1) is 13.2 Å². The Bertz CT molecular complexity index is 107. The Morgan fingerprint density at radius 3 is 1.58 bits per heavy atom. The SMILES string of the molecule is CC(C)NO.OCC1(CO)CC1. The summed E-state index contributed by atoms with van der Waals surface area (Å²) in [6, 6.07) is 0.190. The maximum atomic E-state index is 8.50. The lowest BCUT2D eigenvalue weighted by Gasteiger charge is -2.02. The Kier molecular flexibility index (Phi) is 5.41. The first-order valence-corrected chi connectivity index (χ1v) is 4.21. The molecule has 0 aromatic rings. The largest absolute Gasteiger partial charge is 0.396 e. The average molecular weight is 177 g/mol. The molecular formula is C8H19NO3. The van der Waals surface area contributed by atoms with E-state index in [1.54, 1.807) is 0 Å². The maximum absolute atomic E-state index is 8.50. The van der Waals surface area contributed by atoms with Crippen LogP contribution in [0.25, 0.3) is 0 Å². The molecule has 74 valence electrons. The summed E-state index contributed by atoms with van der Waals surface area (Å²) in [7, 11) is 0. The maximum Gasteiger partial charge on any atom is 0.0509 e. The van der Waals surface area contributed by atoms with Crippen LogP contribution in [-0.2, 0) is 0 Å². The first-order chi connectivity index (χ1) is 5.60. The number of hydrogen-bond acceptors (Lipinski definition) is 4. The molecule has 0 atom stereocenters. The van der Waals surface area contributed by atoms with Crippen LogP contribution in [0.1, 0.15) is 26.7 Å². The summed E-state index contributed by atoms with van der Waals surface area (Å²) in [6.07, 6.45) is 2.00. The van der Waals surface area contributed by atoms with Gasteiger partial charge < -0.3 is 15.4 Å². The van der Waals surface area contributed by atoms with Crippen molar-refractivity contribution >= 4 is 0 Å². The highest BCUT2D eigenvalue weighted by atomic mass is 16.5. The van der Waals surface area contributed by atoms with Crippen molar-refractivity contribution in [3.8, 4) is 0 Å². The molecule has 0 heterocycles. The van der Waals surface area contributed by atoms with Crippen LogP contribution >= 0.6 is 0 Å². The molecule has 0 aromatic heterocycles. The summed E-state index contributed by atoms with van der Waals surface area (Å²) in [5, 5.41) is 24.9. The van der Waals surface area contributed by atoms with Gasteiger partial charge in [0.25, 0.3) is 0 Å². The number of hydrogen-bond donors (Lipinski definition) is 4. The summed E-state index contributed by atoms with van der Waals surface area (Å²) >= 11 is 0. The van der Waals surface area contributed by atoms with Crippen LogP contribution in [0.2, 0.25) is 0 Å². The molecule has 4 heteroatoms. The Hall–Kier alpha value is -0.160. The van der Waals surface area contributed by atoms with E-state index in [0.717, 1.165) is 12.8 Å². The van der Waals surface area contributed by atoms with Crippen LogP contribution in [-0.4, -0.2) is 34.7 Å². The van der Waals surface area contributed by atoms with E-state index in [9.17, 15) is 0 Å². The van der Waals surface area contributed by atoms with Gasteiger partial charge in [-0.1, -0.05) is 0 Å². The Morgan fingerprint density at radius 1 is 1.25 bits per heavy atom. The summed E-state index contributed by atoms with van der Waals surface area (Å²) < 4.78 is 0. The number of nitrogens with one attached hydrogen (secondary N) is 1. The van der Waals surface area contributed by atoms with E-state index in [1.807, 2.05) is 19.3 Å². The molecule has 0 spiro atoms. The van der Waals surface area contributed by atoms with Gasteiger partial charge in [0.2, 0.25) is 0 Å². The molecule has 1 aliphatic rings. The third-order valence-electron chi connectivity index (χ3n) is 1.89. The minimum absolute atomic E-state index is 0.0556. The molecule has 0 aliphatic heterocycles. The van der Waals surface area contributed by atoms with E-state index in [-0.39, 0.29) is 24.7 Å². The van der Waals surface area contributed by atoms with Gasteiger partial charge in [-0.25, -0.2) is 5.48 Å². The van der Waals surface area contributed by atoms with Crippen molar-refractivity contribution in [2.24, 2.45) is 5.41 Å². The summed E-state index contributed by atoms with van der Waals surface area (Å²) in [5.41, 5.74) is 1.97. The summed E-state index contributed by atoms with van der Waals surface area (Å²) in [6.45, 7) is 4.03. The van der Waals surface area contributed by atoms with E-state index >= 15 is 0 Å². The molecule has 0 amide bonds. The molecule has 0 saturated heterocycles. The minimum Gasteiger partial charge on any atom is -0.396 e. The standard InChI is InChI=1S/C5H10O2.C3H9NO/c6-3-5(4-7)1-2-5;1-3(2)4-5/h6-7H,1-4H2;3-5H,1-2H3. The smallest absolute Gasteiger partial charge is 0.0509 e. The van der Waals surface area contributed by atoms with Gasteiger partial charge in [-0.15, -0.1) is 0 Å². The lowest BCUT2D eigenvalue weighted by molar-refractivity contribution is 0.134. The fourth-order valence-corrected chi connectivity index (χ4v) is 0.543. The molecule has 1 saturated carbocycles. The highest BCUT2D eigenvalue weighted by Crippen LogP contribution is 2.44. The van der Waals surface area contributed by atoms with E-state index in [1.165, 1.54) is 0 Å². The Balaban J connectivity index is 0.000000217. The second-order valence-electron chi connectivity index (χ2n) is 3.60. The molecule has 1 rings (SSSR count). The fraction of sp³-hybridized carbons (Fsp3) is 1.00. The molecule has 1 fully saturated rings. The minimum atomic E-state index is -0.0556. The van der Waals surface area contributed by atoms with E-state index in [0.29, 0.717) is 0 Å². The average Bonchev–Trinajstić information content (AvgIpc) is 2.86. The molecule has 1 aliphatic carbocycles. The first kappa shape index (κ1) is 11.8. The molecule has 0 radical (unpaired) electrons. The van der Waals surface area contributed by atoms with Gasteiger partial charge in [0.15, 0.2) is 0 Å². The lowest BCUT2D eigenvalue weighted by atomic mass is 10.1. The van der Waals surface area contributed by atoms with Crippen LogP contribution < -0.4 is 5.48 Å². The van der Waals surface area contributed by atoms with Crippen LogP contribution in [0, 0.1) is 5.41 Å². The Morgan fingerprint density at radius 2 is 1.58 bits per heavy atom. The number of rotatable bonds is 3. The van der Waals surface area contributed by atoms with Gasteiger partial charge in [-0.05, 0) is 26.7 Å². The highest BCUT2D eigenvalue weighted by molar-refractivity contribution is 4.91. The van der Waals surface area contributed by atoms with Gasteiger partial charge in [0, 0.05) is 11.5 Å². The number of aliphatic hydroxyl groups excluding tert-OH is 2. The number of hydroxylamine groups is 1. The van der Waals surface area contributed by atoms with E-state index in [2.05, 4.69) is 0 Å². The summed E-state index contributed by atoms with van der Waals surface area (Å²) in [4.78, 5) is 0. The van der Waals surface area contributed by atoms with Crippen LogP contribution in [0.4, 0.5) is 0 Å². The first-order valence-electron chi connectivity index (χ1n) is 4.21. The molecular weight excluding hydrogens is 158 g/mol. The zero-order valence-corrected chi connectivity index (χ0v) is 7.75. The lowest BCUT2D eigenvalue weighted by Crippen LogP contribution is -2.16. The zero-order chi connectivity index (χ0) is 9.61. The number of aliphatic hydroxyl groups is 2. The zero-order valence-electron chi connectivity index (χ0n) is 7.75. The van der Waals surface area contributed by atoms with Gasteiger partial charge >= 0.3 is 0 Å². The van der Waals surface area contributed by atoms with Gasteiger partial charge in [-0.3, -0.25) is 0 Å². The second kappa shape index (κ2) is 5.48. The third kappa shape index (κ3) is 4.66.